The molecule has 2 N–H and O–H groups in total. The van der Waals surface area contributed by atoms with E-state index in [-0.39, 0.29) is 0 Å². The number of oxazole rings is 1. The van der Waals surface area contributed by atoms with E-state index in [0.29, 0.717) is 18.1 Å². The molecule has 0 fully saturated rings. The minimum atomic E-state index is 0.425. The number of rotatable bonds is 5. The van der Waals surface area contributed by atoms with E-state index >= 15 is 0 Å². The Labute approximate surface area is 164 Å². The molecule has 0 spiro atoms. The Morgan fingerprint density at radius 3 is 2.57 bits per heavy atom. The maximum atomic E-state index is 6.03. The SMILES string of the molecule is Cc1ccc(-c2nc3ccc(OCc4c(C)cccc4N(C)N)cc3o2)cc1. The van der Waals surface area contributed by atoms with Gasteiger partial charge >= 0.3 is 0 Å². The fourth-order valence-electron chi connectivity index (χ4n) is 3.17. The zero-order valence-corrected chi connectivity index (χ0v) is 16.3. The molecular weight excluding hydrogens is 350 g/mol. The molecule has 4 rings (SSSR count). The Bertz CT molecular complexity index is 1110. The van der Waals surface area contributed by atoms with Gasteiger partial charge in [-0.25, -0.2) is 10.8 Å². The summed E-state index contributed by atoms with van der Waals surface area (Å²) in [4.78, 5) is 4.58. The van der Waals surface area contributed by atoms with Crippen molar-refractivity contribution in [3.63, 3.8) is 0 Å². The average molecular weight is 373 g/mol. The highest BCUT2D eigenvalue weighted by Gasteiger charge is 2.11. The van der Waals surface area contributed by atoms with Crippen molar-refractivity contribution in [2.24, 2.45) is 5.84 Å². The zero-order valence-electron chi connectivity index (χ0n) is 16.3. The monoisotopic (exact) mass is 373 g/mol. The van der Waals surface area contributed by atoms with Crippen molar-refractivity contribution < 1.29 is 9.15 Å². The van der Waals surface area contributed by atoms with Crippen LogP contribution in [-0.2, 0) is 6.61 Å². The molecule has 0 amide bonds. The molecule has 0 aliphatic carbocycles. The van der Waals surface area contributed by atoms with Crippen molar-refractivity contribution in [2.45, 2.75) is 20.5 Å². The van der Waals surface area contributed by atoms with Gasteiger partial charge in [0.2, 0.25) is 5.89 Å². The normalized spacial score (nSPS) is 11.0. The minimum absolute atomic E-state index is 0.425. The van der Waals surface area contributed by atoms with Gasteiger partial charge in [-0.1, -0.05) is 29.8 Å². The number of anilines is 1. The van der Waals surface area contributed by atoms with Crippen LogP contribution in [0, 0.1) is 13.8 Å². The third-order valence-electron chi connectivity index (χ3n) is 4.81. The first-order valence-corrected chi connectivity index (χ1v) is 9.18. The van der Waals surface area contributed by atoms with Gasteiger partial charge in [0.25, 0.3) is 0 Å². The second kappa shape index (κ2) is 7.37. The van der Waals surface area contributed by atoms with Gasteiger partial charge < -0.3 is 14.2 Å². The number of nitrogens with two attached hydrogens (primary N) is 1. The van der Waals surface area contributed by atoms with Crippen LogP contribution >= 0.6 is 0 Å². The summed E-state index contributed by atoms with van der Waals surface area (Å²) >= 11 is 0. The molecule has 4 aromatic rings. The summed E-state index contributed by atoms with van der Waals surface area (Å²) in [5, 5.41) is 1.61. The number of hydrogen-bond acceptors (Lipinski definition) is 5. The number of hydrogen-bond donors (Lipinski definition) is 1. The highest BCUT2D eigenvalue weighted by Crippen LogP contribution is 2.29. The van der Waals surface area contributed by atoms with Crippen LogP contribution in [0.3, 0.4) is 0 Å². The molecule has 1 aromatic heterocycles. The van der Waals surface area contributed by atoms with E-state index in [1.54, 1.807) is 5.01 Å². The van der Waals surface area contributed by atoms with Crippen molar-refractivity contribution in [1.82, 2.24) is 4.98 Å². The lowest BCUT2D eigenvalue weighted by atomic mass is 10.1. The summed E-state index contributed by atoms with van der Waals surface area (Å²) in [6.45, 7) is 4.54. The molecule has 3 aromatic carbocycles. The molecule has 1 heterocycles. The van der Waals surface area contributed by atoms with E-state index in [9.17, 15) is 0 Å². The lowest BCUT2D eigenvalue weighted by Crippen LogP contribution is -2.26. The molecule has 0 unspecified atom stereocenters. The number of aryl methyl sites for hydroxylation is 2. The molecule has 0 aliphatic rings. The van der Waals surface area contributed by atoms with Crippen molar-refractivity contribution in [1.29, 1.82) is 0 Å². The second-order valence-electron chi connectivity index (χ2n) is 6.99. The molecule has 5 nitrogen and oxygen atoms in total. The van der Waals surface area contributed by atoms with Crippen LogP contribution in [-0.4, -0.2) is 12.0 Å². The van der Waals surface area contributed by atoms with E-state index in [2.05, 4.69) is 24.9 Å². The van der Waals surface area contributed by atoms with E-state index in [1.165, 1.54) is 5.56 Å². The zero-order chi connectivity index (χ0) is 19.7. The summed E-state index contributed by atoms with van der Waals surface area (Å²) in [6, 6.07) is 19.9. The molecule has 0 radical (unpaired) electrons. The molecule has 142 valence electrons. The average Bonchev–Trinajstić information content (AvgIpc) is 3.10. The third-order valence-corrected chi connectivity index (χ3v) is 4.81. The van der Waals surface area contributed by atoms with Gasteiger partial charge in [-0.3, -0.25) is 0 Å². The van der Waals surface area contributed by atoms with Crippen LogP contribution in [0.4, 0.5) is 5.69 Å². The van der Waals surface area contributed by atoms with Crippen molar-refractivity contribution >= 4 is 16.8 Å². The summed E-state index contributed by atoms with van der Waals surface area (Å²) < 4.78 is 12.0. The standard InChI is InChI=1S/C23H23N3O2/c1-15-7-9-17(10-8-15)23-25-20-12-11-18(13-22(20)28-23)27-14-19-16(2)5-4-6-21(19)26(3)24/h4-13H,14,24H2,1-3H3. The summed E-state index contributed by atoms with van der Waals surface area (Å²) in [5.74, 6) is 7.29. The van der Waals surface area contributed by atoms with Crippen LogP contribution in [0.15, 0.2) is 65.1 Å². The van der Waals surface area contributed by atoms with Crippen LogP contribution in [0.2, 0.25) is 0 Å². The molecule has 28 heavy (non-hydrogen) atoms. The Balaban J connectivity index is 1.58. The molecule has 0 aliphatic heterocycles. The van der Waals surface area contributed by atoms with Gasteiger partial charge in [0.05, 0.1) is 5.69 Å². The highest BCUT2D eigenvalue weighted by atomic mass is 16.5. The van der Waals surface area contributed by atoms with Crippen molar-refractivity contribution in [2.75, 3.05) is 12.1 Å². The van der Waals surface area contributed by atoms with Gasteiger partial charge in [-0.15, -0.1) is 0 Å². The van der Waals surface area contributed by atoms with Crippen molar-refractivity contribution in [3.8, 4) is 17.2 Å². The maximum Gasteiger partial charge on any atom is 0.227 e. The van der Waals surface area contributed by atoms with Gasteiger partial charge in [-0.05, 0) is 49.7 Å². The predicted molar refractivity (Wildman–Crippen MR) is 112 cm³/mol. The Hall–Kier alpha value is -3.31. The van der Waals surface area contributed by atoms with Crippen molar-refractivity contribution in [3.05, 3.63) is 77.4 Å². The quantitative estimate of drug-likeness (QED) is 0.394. The first-order chi connectivity index (χ1) is 13.5. The number of aromatic nitrogens is 1. The first kappa shape index (κ1) is 18.1. The Morgan fingerprint density at radius 1 is 1.04 bits per heavy atom. The van der Waals surface area contributed by atoms with Gasteiger partial charge in [0.15, 0.2) is 5.58 Å². The Morgan fingerprint density at radius 2 is 1.82 bits per heavy atom. The number of ether oxygens (including phenoxy) is 1. The topological polar surface area (TPSA) is 64.5 Å². The van der Waals surface area contributed by atoms with Crippen LogP contribution in [0.5, 0.6) is 5.75 Å². The number of nitrogens with zero attached hydrogens (tertiary/aromatic N) is 2. The van der Waals surface area contributed by atoms with Crippen LogP contribution < -0.4 is 15.6 Å². The summed E-state index contributed by atoms with van der Waals surface area (Å²) in [6.07, 6.45) is 0. The molecule has 5 heteroatoms. The first-order valence-electron chi connectivity index (χ1n) is 9.18. The smallest absolute Gasteiger partial charge is 0.227 e. The van der Waals surface area contributed by atoms with Crippen LogP contribution in [0.1, 0.15) is 16.7 Å². The third kappa shape index (κ3) is 3.57. The number of hydrazine groups is 1. The van der Waals surface area contributed by atoms with Gasteiger partial charge in [0.1, 0.15) is 17.9 Å². The predicted octanol–water partition coefficient (Wildman–Crippen LogP) is 5.00. The highest BCUT2D eigenvalue weighted by molar-refractivity contribution is 5.77. The number of fused-ring (bicyclic) bond motifs is 1. The maximum absolute atomic E-state index is 6.03. The molecule has 0 bridgehead atoms. The fraction of sp³-hybridized carbons (Fsp3) is 0.174. The number of benzene rings is 3. The van der Waals surface area contributed by atoms with Gasteiger partial charge in [-0.2, -0.15) is 0 Å². The van der Waals surface area contributed by atoms with Crippen LogP contribution in [0.25, 0.3) is 22.6 Å². The molecule has 0 saturated carbocycles. The second-order valence-corrected chi connectivity index (χ2v) is 6.99. The molecular formula is C23H23N3O2. The van der Waals surface area contributed by atoms with E-state index in [0.717, 1.165) is 33.6 Å². The lowest BCUT2D eigenvalue weighted by Gasteiger charge is -2.19. The minimum Gasteiger partial charge on any atom is -0.489 e. The molecule has 0 saturated heterocycles. The fourth-order valence-corrected chi connectivity index (χ4v) is 3.17. The van der Waals surface area contributed by atoms with E-state index in [4.69, 9.17) is 15.0 Å². The lowest BCUT2D eigenvalue weighted by molar-refractivity contribution is 0.305. The van der Waals surface area contributed by atoms with Gasteiger partial charge in [0, 0.05) is 24.2 Å². The Kier molecular flexibility index (Phi) is 4.75. The van der Waals surface area contributed by atoms with E-state index in [1.807, 2.05) is 61.6 Å². The van der Waals surface area contributed by atoms with E-state index < -0.39 is 0 Å². The largest absolute Gasteiger partial charge is 0.489 e. The summed E-state index contributed by atoms with van der Waals surface area (Å²) in [7, 11) is 1.82. The summed E-state index contributed by atoms with van der Waals surface area (Å²) in [5.41, 5.74) is 6.81. The molecule has 0 atom stereocenters.